The quantitative estimate of drug-likeness (QED) is 0.476. The Morgan fingerprint density at radius 1 is 1.24 bits per heavy atom. The summed E-state index contributed by atoms with van der Waals surface area (Å²) in [5, 5.41) is 13.6. The van der Waals surface area contributed by atoms with Gasteiger partial charge in [0.25, 0.3) is 5.69 Å². The van der Waals surface area contributed by atoms with E-state index in [1.165, 1.54) is 17.4 Å². The topological polar surface area (TPSA) is 74.5 Å². The van der Waals surface area contributed by atoms with E-state index in [9.17, 15) is 10.1 Å². The molecular formula is C18H16N2O4S. The molecule has 0 aliphatic heterocycles. The second-order valence-corrected chi connectivity index (χ2v) is 6.20. The van der Waals surface area contributed by atoms with E-state index in [2.05, 4.69) is 4.98 Å². The Bertz CT molecular complexity index is 908. The summed E-state index contributed by atoms with van der Waals surface area (Å²) in [6.45, 7) is 1.98. The van der Waals surface area contributed by atoms with Gasteiger partial charge in [0.05, 0.1) is 23.3 Å². The number of nitrogens with zero attached hydrogens (tertiary/aromatic N) is 2. The average Bonchev–Trinajstić information content (AvgIpc) is 3.08. The van der Waals surface area contributed by atoms with Gasteiger partial charge < -0.3 is 9.47 Å². The smallest absolute Gasteiger partial charge is 0.272 e. The minimum atomic E-state index is -0.404. The zero-order valence-corrected chi connectivity index (χ0v) is 14.6. The highest BCUT2D eigenvalue weighted by molar-refractivity contribution is 7.13. The van der Waals surface area contributed by atoms with Gasteiger partial charge in [-0.3, -0.25) is 10.1 Å². The summed E-state index contributed by atoms with van der Waals surface area (Å²) < 4.78 is 11.1. The van der Waals surface area contributed by atoms with Crippen LogP contribution < -0.4 is 9.47 Å². The monoisotopic (exact) mass is 356 g/mol. The summed E-state index contributed by atoms with van der Waals surface area (Å²) in [7, 11) is 1.63. The lowest BCUT2D eigenvalue weighted by atomic mass is 10.2. The number of benzene rings is 2. The Morgan fingerprint density at radius 2 is 2.04 bits per heavy atom. The molecule has 0 saturated heterocycles. The molecule has 0 aliphatic carbocycles. The van der Waals surface area contributed by atoms with Crippen molar-refractivity contribution in [3.05, 3.63) is 69.2 Å². The van der Waals surface area contributed by atoms with Crippen LogP contribution in [0.4, 0.5) is 5.69 Å². The van der Waals surface area contributed by atoms with Crippen molar-refractivity contribution in [1.29, 1.82) is 0 Å². The van der Waals surface area contributed by atoms with Gasteiger partial charge in [-0.1, -0.05) is 12.1 Å². The molecular weight excluding hydrogens is 340 g/mol. The molecule has 7 heteroatoms. The molecule has 0 unspecified atom stereocenters. The van der Waals surface area contributed by atoms with Crippen LogP contribution in [-0.2, 0) is 6.61 Å². The number of aromatic nitrogens is 1. The molecule has 0 saturated carbocycles. The maximum absolute atomic E-state index is 10.8. The lowest BCUT2D eigenvalue weighted by molar-refractivity contribution is -0.385. The largest absolute Gasteiger partial charge is 0.496 e. The predicted octanol–water partition coefficient (Wildman–Crippen LogP) is 4.61. The molecule has 0 N–H and O–H groups in total. The molecule has 0 aliphatic rings. The SMILES string of the molecule is COc1ccccc1-c1nc(COc2ccc([N+](=O)[O-])c(C)c2)cs1. The first-order valence-electron chi connectivity index (χ1n) is 7.54. The summed E-state index contributed by atoms with van der Waals surface area (Å²) in [4.78, 5) is 15.0. The van der Waals surface area contributed by atoms with Crippen LogP contribution in [0, 0.1) is 17.0 Å². The van der Waals surface area contributed by atoms with Crippen molar-refractivity contribution in [2.24, 2.45) is 0 Å². The normalized spacial score (nSPS) is 10.5. The summed E-state index contributed by atoms with van der Waals surface area (Å²) in [5.74, 6) is 1.35. The summed E-state index contributed by atoms with van der Waals surface area (Å²) in [5.41, 5.74) is 2.38. The van der Waals surface area contributed by atoms with E-state index in [-0.39, 0.29) is 5.69 Å². The Morgan fingerprint density at radius 3 is 2.76 bits per heavy atom. The third-order valence-electron chi connectivity index (χ3n) is 3.64. The number of methoxy groups -OCH3 is 1. The summed E-state index contributed by atoms with van der Waals surface area (Å²) >= 11 is 1.52. The minimum Gasteiger partial charge on any atom is -0.496 e. The first-order valence-corrected chi connectivity index (χ1v) is 8.42. The Balaban J connectivity index is 1.72. The fourth-order valence-corrected chi connectivity index (χ4v) is 3.23. The molecule has 0 spiro atoms. The minimum absolute atomic E-state index is 0.0828. The number of aryl methyl sites for hydroxylation is 1. The van der Waals surface area contributed by atoms with Crippen molar-refractivity contribution < 1.29 is 14.4 Å². The molecule has 0 radical (unpaired) electrons. The van der Waals surface area contributed by atoms with Crippen LogP contribution in [0.1, 0.15) is 11.3 Å². The van der Waals surface area contributed by atoms with Crippen molar-refractivity contribution in [3.63, 3.8) is 0 Å². The van der Waals surface area contributed by atoms with Crippen molar-refractivity contribution in [2.75, 3.05) is 7.11 Å². The molecule has 2 aromatic carbocycles. The third kappa shape index (κ3) is 3.77. The molecule has 25 heavy (non-hydrogen) atoms. The number of thiazole rings is 1. The molecule has 0 amide bonds. The molecule has 0 fully saturated rings. The van der Waals surface area contributed by atoms with Gasteiger partial charge in [-0.05, 0) is 31.2 Å². The van der Waals surface area contributed by atoms with Crippen LogP contribution >= 0.6 is 11.3 Å². The molecule has 128 valence electrons. The Kier molecular flexibility index (Phi) is 4.95. The number of ether oxygens (including phenoxy) is 2. The summed E-state index contributed by atoms with van der Waals surface area (Å²) in [6, 6.07) is 12.4. The number of nitro benzene ring substituents is 1. The van der Waals surface area contributed by atoms with E-state index in [1.54, 1.807) is 26.2 Å². The maximum Gasteiger partial charge on any atom is 0.272 e. The van der Waals surface area contributed by atoms with E-state index in [1.807, 2.05) is 29.6 Å². The van der Waals surface area contributed by atoms with Gasteiger partial charge in [-0.2, -0.15) is 0 Å². The molecule has 3 aromatic rings. The molecule has 0 bridgehead atoms. The zero-order chi connectivity index (χ0) is 17.8. The van der Waals surface area contributed by atoms with Crippen LogP contribution in [-0.4, -0.2) is 17.0 Å². The van der Waals surface area contributed by atoms with E-state index >= 15 is 0 Å². The first-order chi connectivity index (χ1) is 12.1. The van der Waals surface area contributed by atoms with Crippen molar-refractivity contribution in [3.8, 4) is 22.1 Å². The first kappa shape index (κ1) is 16.9. The third-order valence-corrected chi connectivity index (χ3v) is 4.57. The average molecular weight is 356 g/mol. The van der Waals surface area contributed by atoms with Gasteiger partial charge in [-0.25, -0.2) is 4.98 Å². The van der Waals surface area contributed by atoms with Crippen LogP contribution in [0.5, 0.6) is 11.5 Å². The van der Waals surface area contributed by atoms with Gasteiger partial charge in [0, 0.05) is 17.0 Å². The van der Waals surface area contributed by atoms with Crippen LogP contribution in [0.3, 0.4) is 0 Å². The van der Waals surface area contributed by atoms with Crippen molar-refractivity contribution in [1.82, 2.24) is 4.98 Å². The predicted molar refractivity (Wildman–Crippen MR) is 96.3 cm³/mol. The van der Waals surface area contributed by atoms with E-state index in [4.69, 9.17) is 9.47 Å². The maximum atomic E-state index is 10.8. The molecule has 3 rings (SSSR count). The van der Waals surface area contributed by atoms with E-state index in [0.717, 1.165) is 22.0 Å². The highest BCUT2D eigenvalue weighted by Crippen LogP contribution is 2.32. The zero-order valence-electron chi connectivity index (χ0n) is 13.8. The van der Waals surface area contributed by atoms with Crippen LogP contribution in [0.15, 0.2) is 47.8 Å². The highest BCUT2D eigenvalue weighted by Gasteiger charge is 2.12. The van der Waals surface area contributed by atoms with E-state index in [0.29, 0.717) is 17.9 Å². The van der Waals surface area contributed by atoms with Crippen molar-refractivity contribution in [2.45, 2.75) is 13.5 Å². The summed E-state index contributed by atoms with van der Waals surface area (Å²) in [6.07, 6.45) is 0. The molecule has 0 atom stereocenters. The molecule has 1 heterocycles. The number of hydrogen-bond acceptors (Lipinski definition) is 6. The standard InChI is InChI=1S/C18H16N2O4S/c1-12-9-14(7-8-16(12)20(21)22)24-10-13-11-25-18(19-13)15-5-3-4-6-17(15)23-2/h3-9,11H,10H2,1-2H3. The van der Waals surface area contributed by atoms with Gasteiger partial charge in [0.2, 0.25) is 0 Å². The van der Waals surface area contributed by atoms with Crippen LogP contribution in [0.25, 0.3) is 10.6 Å². The molecule has 6 nitrogen and oxygen atoms in total. The second-order valence-electron chi connectivity index (χ2n) is 5.34. The lowest BCUT2D eigenvalue weighted by Gasteiger charge is -2.06. The number of rotatable bonds is 6. The van der Waals surface area contributed by atoms with Gasteiger partial charge in [-0.15, -0.1) is 11.3 Å². The van der Waals surface area contributed by atoms with E-state index < -0.39 is 4.92 Å². The fraction of sp³-hybridized carbons (Fsp3) is 0.167. The fourth-order valence-electron chi connectivity index (χ4n) is 2.40. The number of hydrogen-bond donors (Lipinski definition) is 0. The van der Waals surface area contributed by atoms with Crippen LogP contribution in [0.2, 0.25) is 0 Å². The van der Waals surface area contributed by atoms with Gasteiger partial charge >= 0.3 is 0 Å². The highest BCUT2D eigenvalue weighted by atomic mass is 32.1. The van der Waals surface area contributed by atoms with Gasteiger partial charge in [0.15, 0.2) is 0 Å². The second kappa shape index (κ2) is 7.31. The Labute approximate surface area is 148 Å². The lowest BCUT2D eigenvalue weighted by Crippen LogP contribution is -1.97. The van der Waals surface area contributed by atoms with Crippen molar-refractivity contribution >= 4 is 17.0 Å². The molecule has 1 aromatic heterocycles. The number of para-hydroxylation sites is 1. The Hall–Kier alpha value is -2.93. The number of nitro groups is 1. The van der Waals surface area contributed by atoms with Gasteiger partial charge in [0.1, 0.15) is 23.1 Å².